The van der Waals surface area contributed by atoms with Crippen LogP contribution in [0.25, 0.3) is 0 Å². The maximum Gasteiger partial charge on any atom is 0.215 e. The van der Waals surface area contributed by atoms with E-state index in [2.05, 4.69) is 6.58 Å². The lowest BCUT2D eigenvalue weighted by Gasteiger charge is -2.20. The van der Waals surface area contributed by atoms with Gasteiger partial charge >= 0.3 is 0 Å². The highest BCUT2D eigenvalue weighted by molar-refractivity contribution is 8.00. The first-order valence-electron chi connectivity index (χ1n) is 6.55. The molecule has 0 aliphatic rings. The molecule has 0 heterocycles. The molecular weight excluding hydrogens is 308 g/mol. The second-order valence-corrected chi connectivity index (χ2v) is 7.63. The molecule has 0 amide bonds. The van der Waals surface area contributed by atoms with E-state index in [0.717, 1.165) is 4.90 Å². The van der Waals surface area contributed by atoms with Crippen LogP contribution in [0.2, 0.25) is 0 Å². The number of rotatable bonds is 10. The molecule has 0 radical (unpaired) electrons. The van der Waals surface area contributed by atoms with Crippen LogP contribution >= 0.6 is 11.8 Å². The van der Waals surface area contributed by atoms with E-state index in [1.54, 1.807) is 25.3 Å². The van der Waals surface area contributed by atoms with Crippen molar-refractivity contribution in [3.8, 4) is 0 Å². The fourth-order valence-electron chi connectivity index (χ4n) is 1.64. The highest BCUT2D eigenvalue weighted by Gasteiger charge is 2.20. The van der Waals surface area contributed by atoms with Gasteiger partial charge in [0.25, 0.3) is 0 Å². The minimum Gasteiger partial charge on any atom is -0.399 e. The molecule has 1 aromatic carbocycles. The first-order chi connectivity index (χ1) is 9.99. The lowest BCUT2D eigenvalue weighted by atomic mass is 10.3. The van der Waals surface area contributed by atoms with Gasteiger partial charge in [0.1, 0.15) is 0 Å². The van der Waals surface area contributed by atoms with E-state index in [9.17, 15) is 8.42 Å². The van der Waals surface area contributed by atoms with Crippen LogP contribution in [0, 0.1) is 0 Å². The SMILES string of the molecule is C=CCN(CCOC)S(=O)(=O)CCSc1ccc(N)cc1. The zero-order valence-corrected chi connectivity index (χ0v) is 13.8. The minimum atomic E-state index is -3.30. The molecule has 1 rings (SSSR count). The Bertz CT molecular complexity index is 530. The number of anilines is 1. The number of thioether (sulfide) groups is 1. The molecular formula is C14H22N2O3S2. The Morgan fingerprint density at radius 3 is 2.62 bits per heavy atom. The Hall–Kier alpha value is -1.02. The summed E-state index contributed by atoms with van der Waals surface area (Å²) in [6.07, 6.45) is 1.58. The third-order valence-electron chi connectivity index (χ3n) is 2.76. The fourth-order valence-corrected chi connectivity index (χ4v) is 4.32. The molecule has 0 spiro atoms. The highest BCUT2D eigenvalue weighted by Crippen LogP contribution is 2.19. The average molecular weight is 330 g/mol. The van der Waals surface area contributed by atoms with Gasteiger partial charge in [0, 0.05) is 36.5 Å². The maximum absolute atomic E-state index is 12.3. The van der Waals surface area contributed by atoms with Gasteiger partial charge in [-0.1, -0.05) is 6.08 Å². The van der Waals surface area contributed by atoms with Crippen LogP contribution in [-0.4, -0.2) is 51.0 Å². The molecule has 7 heteroatoms. The van der Waals surface area contributed by atoms with E-state index in [0.29, 0.717) is 31.1 Å². The topological polar surface area (TPSA) is 72.6 Å². The fraction of sp³-hybridized carbons (Fsp3) is 0.429. The van der Waals surface area contributed by atoms with E-state index in [1.807, 2.05) is 12.1 Å². The summed E-state index contributed by atoms with van der Waals surface area (Å²) in [6, 6.07) is 7.39. The van der Waals surface area contributed by atoms with Crippen LogP contribution in [0.3, 0.4) is 0 Å². The molecule has 0 aromatic heterocycles. The summed E-state index contributed by atoms with van der Waals surface area (Å²) >= 11 is 1.50. The summed E-state index contributed by atoms with van der Waals surface area (Å²) in [6.45, 7) is 4.62. The Labute approximate surface area is 131 Å². The third-order valence-corrected chi connectivity index (χ3v) is 5.87. The molecule has 0 fully saturated rings. The first-order valence-corrected chi connectivity index (χ1v) is 9.15. The number of nitrogens with zero attached hydrogens (tertiary/aromatic N) is 1. The lowest BCUT2D eigenvalue weighted by molar-refractivity contribution is 0.182. The molecule has 5 nitrogen and oxygen atoms in total. The van der Waals surface area contributed by atoms with Crippen LogP contribution in [-0.2, 0) is 14.8 Å². The number of benzene rings is 1. The van der Waals surface area contributed by atoms with Crippen LogP contribution in [0.1, 0.15) is 0 Å². The zero-order valence-electron chi connectivity index (χ0n) is 12.2. The first kappa shape index (κ1) is 18.0. The average Bonchev–Trinajstić information content (AvgIpc) is 2.45. The van der Waals surface area contributed by atoms with Crippen molar-refractivity contribution in [1.29, 1.82) is 0 Å². The standard InChI is InChI=1S/C14H22N2O3S2/c1-3-8-16(9-10-19-2)21(17,18)12-11-20-14-6-4-13(15)5-7-14/h3-7H,1,8-12,15H2,2H3. The normalized spacial score (nSPS) is 11.7. The number of methoxy groups -OCH3 is 1. The van der Waals surface area contributed by atoms with Crippen molar-refractivity contribution in [3.05, 3.63) is 36.9 Å². The third kappa shape index (κ3) is 6.52. The molecule has 0 aliphatic carbocycles. The van der Waals surface area contributed by atoms with Gasteiger partial charge in [-0.2, -0.15) is 4.31 Å². The quantitative estimate of drug-likeness (QED) is 0.402. The van der Waals surface area contributed by atoms with E-state index in [4.69, 9.17) is 10.5 Å². The van der Waals surface area contributed by atoms with Crippen LogP contribution in [0.15, 0.2) is 41.8 Å². The molecule has 0 saturated carbocycles. The molecule has 0 atom stereocenters. The van der Waals surface area contributed by atoms with Crippen molar-refractivity contribution in [1.82, 2.24) is 4.31 Å². The molecule has 2 N–H and O–H groups in total. The van der Waals surface area contributed by atoms with Gasteiger partial charge in [0.2, 0.25) is 10.0 Å². The Balaban J connectivity index is 2.53. The van der Waals surface area contributed by atoms with Crippen LogP contribution in [0.5, 0.6) is 0 Å². The van der Waals surface area contributed by atoms with Gasteiger partial charge in [0.15, 0.2) is 0 Å². The highest BCUT2D eigenvalue weighted by atomic mass is 32.2. The number of sulfonamides is 1. The Morgan fingerprint density at radius 2 is 2.05 bits per heavy atom. The van der Waals surface area contributed by atoms with Crippen molar-refractivity contribution in [2.24, 2.45) is 0 Å². The molecule has 0 unspecified atom stereocenters. The summed E-state index contributed by atoms with van der Waals surface area (Å²) < 4.78 is 30.9. The van der Waals surface area contributed by atoms with Gasteiger partial charge in [-0.15, -0.1) is 18.3 Å². The van der Waals surface area contributed by atoms with E-state index in [1.165, 1.54) is 16.1 Å². The second-order valence-electron chi connectivity index (χ2n) is 4.37. The van der Waals surface area contributed by atoms with Gasteiger partial charge in [0.05, 0.1) is 12.4 Å². The smallest absolute Gasteiger partial charge is 0.215 e. The van der Waals surface area contributed by atoms with Crippen LogP contribution < -0.4 is 5.73 Å². The molecule has 21 heavy (non-hydrogen) atoms. The number of hydrogen-bond donors (Lipinski definition) is 1. The van der Waals surface area contributed by atoms with Gasteiger partial charge < -0.3 is 10.5 Å². The van der Waals surface area contributed by atoms with Gasteiger partial charge in [-0.3, -0.25) is 0 Å². The molecule has 0 bridgehead atoms. The van der Waals surface area contributed by atoms with Gasteiger partial charge in [-0.25, -0.2) is 8.42 Å². The van der Waals surface area contributed by atoms with Crippen molar-refractivity contribution >= 4 is 27.5 Å². The van der Waals surface area contributed by atoms with E-state index in [-0.39, 0.29) is 5.75 Å². The molecule has 0 aliphatic heterocycles. The van der Waals surface area contributed by atoms with Gasteiger partial charge in [-0.05, 0) is 24.3 Å². The predicted octanol–water partition coefficient (Wildman–Crippen LogP) is 1.83. The summed E-state index contributed by atoms with van der Waals surface area (Å²) in [5, 5.41) is 0. The Morgan fingerprint density at radius 1 is 1.38 bits per heavy atom. The lowest BCUT2D eigenvalue weighted by Crippen LogP contribution is -2.36. The second kappa shape index (κ2) is 9.09. The monoisotopic (exact) mass is 330 g/mol. The zero-order chi connectivity index (χ0) is 15.7. The van der Waals surface area contributed by atoms with Crippen molar-refractivity contribution in [3.63, 3.8) is 0 Å². The Kier molecular flexibility index (Phi) is 7.81. The largest absolute Gasteiger partial charge is 0.399 e. The van der Waals surface area contributed by atoms with Crippen molar-refractivity contribution < 1.29 is 13.2 Å². The summed E-state index contributed by atoms with van der Waals surface area (Å²) in [4.78, 5) is 1.01. The summed E-state index contributed by atoms with van der Waals surface area (Å²) in [7, 11) is -1.75. The predicted molar refractivity (Wildman–Crippen MR) is 89.0 cm³/mol. The van der Waals surface area contributed by atoms with Crippen molar-refractivity contribution in [2.45, 2.75) is 4.90 Å². The number of ether oxygens (including phenoxy) is 1. The minimum absolute atomic E-state index is 0.0829. The summed E-state index contributed by atoms with van der Waals surface area (Å²) in [5.74, 6) is 0.576. The van der Waals surface area contributed by atoms with E-state index < -0.39 is 10.0 Å². The number of nitrogen functional groups attached to an aromatic ring is 1. The van der Waals surface area contributed by atoms with Crippen molar-refractivity contribution in [2.75, 3.05) is 44.0 Å². The number of hydrogen-bond acceptors (Lipinski definition) is 5. The maximum atomic E-state index is 12.3. The van der Waals surface area contributed by atoms with E-state index >= 15 is 0 Å². The number of nitrogens with two attached hydrogens (primary N) is 1. The molecule has 0 saturated heterocycles. The molecule has 118 valence electrons. The summed E-state index contributed by atoms with van der Waals surface area (Å²) in [5.41, 5.74) is 6.31. The van der Waals surface area contributed by atoms with Crippen LogP contribution in [0.4, 0.5) is 5.69 Å². The molecule has 1 aromatic rings.